The monoisotopic (exact) mass is 263 g/mol. The lowest BCUT2D eigenvalue weighted by Gasteiger charge is -2.10. The molecule has 0 fully saturated rings. The second-order valence-electron chi connectivity index (χ2n) is 4.42. The fourth-order valence-electron chi connectivity index (χ4n) is 1.46. The lowest BCUT2D eigenvalue weighted by Crippen LogP contribution is -2.05. The van der Waals surface area contributed by atoms with E-state index in [-0.39, 0.29) is 5.92 Å². The molecular weight excluding hydrogens is 246 g/mol. The molecule has 2 aromatic heterocycles. The Morgan fingerprint density at radius 2 is 2.17 bits per heavy atom. The lowest BCUT2D eigenvalue weighted by molar-refractivity contribution is 0.530. The van der Waals surface area contributed by atoms with Crippen LogP contribution in [0.2, 0.25) is 0 Å². The summed E-state index contributed by atoms with van der Waals surface area (Å²) in [4.78, 5) is 8.87. The van der Waals surface area contributed by atoms with Crippen LogP contribution in [0.25, 0.3) is 0 Å². The van der Waals surface area contributed by atoms with Gasteiger partial charge in [-0.1, -0.05) is 25.6 Å². The van der Waals surface area contributed by atoms with Crippen molar-refractivity contribution in [1.82, 2.24) is 9.97 Å². The molecule has 0 bridgehead atoms. The molecule has 2 aromatic rings. The van der Waals surface area contributed by atoms with Gasteiger partial charge in [0.25, 0.3) is 0 Å². The molecule has 0 amide bonds. The van der Waals surface area contributed by atoms with E-state index in [1.807, 2.05) is 19.1 Å². The van der Waals surface area contributed by atoms with Crippen LogP contribution in [0.5, 0.6) is 0 Å². The molecule has 0 spiro atoms. The summed E-state index contributed by atoms with van der Waals surface area (Å²) in [5, 5.41) is 0.933. The largest absolute Gasteiger partial charge is 0.468 e. The van der Waals surface area contributed by atoms with Crippen LogP contribution in [-0.2, 0) is 5.75 Å². The van der Waals surface area contributed by atoms with Gasteiger partial charge in [-0.15, -0.1) is 0 Å². The second kappa shape index (κ2) is 5.44. The molecule has 0 saturated carbocycles. The minimum absolute atomic E-state index is 0.274. The van der Waals surface area contributed by atoms with Crippen molar-refractivity contribution in [3.63, 3.8) is 0 Å². The third-order valence-corrected chi connectivity index (χ3v) is 3.70. The Morgan fingerprint density at radius 3 is 2.78 bits per heavy atom. The van der Waals surface area contributed by atoms with Crippen molar-refractivity contribution >= 4 is 17.6 Å². The van der Waals surface area contributed by atoms with Gasteiger partial charge in [-0.2, -0.15) is 0 Å². The first-order valence-electron chi connectivity index (χ1n) is 5.87. The van der Waals surface area contributed by atoms with E-state index >= 15 is 0 Å². The SMILES string of the molecule is Cc1c(N)nc(C(C)C)nc1SCc1ccco1. The number of nitrogens with two attached hydrogens (primary N) is 1. The number of thioether (sulfide) groups is 1. The van der Waals surface area contributed by atoms with Crippen molar-refractivity contribution in [2.24, 2.45) is 0 Å². The van der Waals surface area contributed by atoms with Gasteiger partial charge >= 0.3 is 0 Å². The molecule has 0 aliphatic heterocycles. The van der Waals surface area contributed by atoms with Gasteiger partial charge in [-0.05, 0) is 19.1 Å². The zero-order chi connectivity index (χ0) is 13.1. The number of anilines is 1. The molecule has 2 N–H and O–H groups in total. The van der Waals surface area contributed by atoms with E-state index in [0.717, 1.165) is 27.9 Å². The highest BCUT2D eigenvalue weighted by Gasteiger charge is 2.12. The van der Waals surface area contributed by atoms with Crippen LogP contribution in [0.3, 0.4) is 0 Å². The molecule has 0 aliphatic carbocycles. The van der Waals surface area contributed by atoms with Crippen LogP contribution < -0.4 is 5.73 Å². The molecule has 2 rings (SSSR count). The highest BCUT2D eigenvalue weighted by atomic mass is 32.2. The molecule has 0 aliphatic rings. The highest BCUT2D eigenvalue weighted by Crippen LogP contribution is 2.28. The first-order chi connectivity index (χ1) is 8.58. The topological polar surface area (TPSA) is 64.9 Å². The Kier molecular flexibility index (Phi) is 3.91. The Hall–Kier alpha value is -1.49. The highest BCUT2D eigenvalue weighted by molar-refractivity contribution is 7.98. The van der Waals surface area contributed by atoms with Crippen LogP contribution in [0.15, 0.2) is 27.8 Å². The maximum Gasteiger partial charge on any atom is 0.134 e. The van der Waals surface area contributed by atoms with Crippen LogP contribution in [0.1, 0.15) is 36.9 Å². The summed E-state index contributed by atoms with van der Waals surface area (Å²) in [5.74, 6) is 3.32. The van der Waals surface area contributed by atoms with E-state index in [9.17, 15) is 0 Å². The van der Waals surface area contributed by atoms with Gasteiger partial charge in [0.1, 0.15) is 22.4 Å². The number of hydrogen-bond acceptors (Lipinski definition) is 5. The summed E-state index contributed by atoms with van der Waals surface area (Å²) in [7, 11) is 0. The number of aromatic nitrogens is 2. The predicted octanol–water partition coefficient (Wildman–Crippen LogP) is 3.38. The van der Waals surface area contributed by atoms with Crippen LogP contribution in [-0.4, -0.2) is 9.97 Å². The average Bonchev–Trinajstić information content (AvgIpc) is 2.83. The zero-order valence-electron chi connectivity index (χ0n) is 10.8. The van der Waals surface area contributed by atoms with Gasteiger partial charge < -0.3 is 10.2 Å². The number of furan rings is 1. The Balaban J connectivity index is 2.20. The minimum Gasteiger partial charge on any atom is -0.468 e. The molecule has 0 atom stereocenters. The standard InChI is InChI=1S/C13H17N3OS/c1-8(2)12-15-11(14)9(3)13(16-12)18-7-10-5-4-6-17-10/h4-6,8H,7H2,1-3H3,(H2,14,15,16). The van der Waals surface area contributed by atoms with Gasteiger partial charge in [-0.25, -0.2) is 9.97 Å². The molecule has 4 nitrogen and oxygen atoms in total. The Morgan fingerprint density at radius 1 is 1.39 bits per heavy atom. The van der Waals surface area contributed by atoms with E-state index < -0.39 is 0 Å². The zero-order valence-corrected chi connectivity index (χ0v) is 11.6. The molecule has 18 heavy (non-hydrogen) atoms. The minimum atomic E-state index is 0.274. The molecule has 2 heterocycles. The molecule has 0 aromatic carbocycles. The van der Waals surface area contributed by atoms with Crippen molar-refractivity contribution in [3.8, 4) is 0 Å². The fraction of sp³-hybridized carbons (Fsp3) is 0.385. The fourth-order valence-corrected chi connectivity index (χ4v) is 2.39. The van der Waals surface area contributed by atoms with Crippen molar-refractivity contribution in [2.75, 3.05) is 5.73 Å². The van der Waals surface area contributed by atoms with Gasteiger partial charge in [-0.3, -0.25) is 0 Å². The van der Waals surface area contributed by atoms with E-state index in [1.54, 1.807) is 18.0 Å². The molecule has 0 unspecified atom stereocenters. The Bertz CT molecular complexity index is 523. The van der Waals surface area contributed by atoms with Gasteiger partial charge in [0.15, 0.2) is 0 Å². The van der Waals surface area contributed by atoms with Gasteiger partial charge in [0.05, 0.1) is 12.0 Å². The maximum absolute atomic E-state index is 5.92. The molecule has 0 radical (unpaired) electrons. The smallest absolute Gasteiger partial charge is 0.134 e. The maximum atomic E-state index is 5.92. The third-order valence-electron chi connectivity index (χ3n) is 2.60. The van der Waals surface area contributed by atoms with Crippen molar-refractivity contribution in [3.05, 3.63) is 35.5 Å². The average molecular weight is 263 g/mol. The van der Waals surface area contributed by atoms with E-state index in [0.29, 0.717) is 5.82 Å². The summed E-state index contributed by atoms with van der Waals surface area (Å²) in [6.45, 7) is 6.07. The van der Waals surface area contributed by atoms with Crippen molar-refractivity contribution in [2.45, 2.75) is 37.5 Å². The third kappa shape index (κ3) is 2.85. The number of nitrogens with zero attached hydrogens (tertiary/aromatic N) is 2. The first kappa shape index (κ1) is 13.0. The number of nitrogen functional groups attached to an aromatic ring is 1. The van der Waals surface area contributed by atoms with Crippen molar-refractivity contribution in [1.29, 1.82) is 0 Å². The summed E-state index contributed by atoms with van der Waals surface area (Å²) in [6.07, 6.45) is 1.68. The summed E-state index contributed by atoms with van der Waals surface area (Å²) < 4.78 is 5.31. The first-order valence-corrected chi connectivity index (χ1v) is 6.85. The molecule has 0 saturated heterocycles. The van der Waals surface area contributed by atoms with E-state index in [2.05, 4.69) is 23.8 Å². The number of hydrogen-bond donors (Lipinski definition) is 1. The summed E-state index contributed by atoms with van der Waals surface area (Å²) in [6, 6.07) is 3.84. The predicted molar refractivity (Wildman–Crippen MR) is 73.5 cm³/mol. The second-order valence-corrected chi connectivity index (χ2v) is 5.38. The molecular formula is C13H17N3OS. The van der Waals surface area contributed by atoms with Crippen LogP contribution in [0.4, 0.5) is 5.82 Å². The molecule has 96 valence electrons. The lowest BCUT2D eigenvalue weighted by atomic mass is 10.2. The van der Waals surface area contributed by atoms with E-state index in [1.165, 1.54) is 0 Å². The number of rotatable bonds is 4. The van der Waals surface area contributed by atoms with Crippen molar-refractivity contribution < 1.29 is 4.42 Å². The summed E-state index contributed by atoms with van der Waals surface area (Å²) in [5.41, 5.74) is 6.86. The summed E-state index contributed by atoms with van der Waals surface area (Å²) >= 11 is 1.63. The van der Waals surface area contributed by atoms with Crippen LogP contribution >= 0.6 is 11.8 Å². The van der Waals surface area contributed by atoms with E-state index in [4.69, 9.17) is 10.2 Å². The van der Waals surface area contributed by atoms with Gasteiger partial charge in [0.2, 0.25) is 0 Å². The molecule has 5 heteroatoms. The quantitative estimate of drug-likeness (QED) is 0.676. The van der Waals surface area contributed by atoms with Gasteiger partial charge in [0, 0.05) is 11.5 Å². The van der Waals surface area contributed by atoms with Crippen LogP contribution in [0, 0.1) is 6.92 Å². The Labute approximate surface area is 111 Å². The normalized spacial score (nSPS) is 11.1.